The highest BCUT2D eigenvalue weighted by molar-refractivity contribution is 5.74. The van der Waals surface area contributed by atoms with Crippen molar-refractivity contribution in [1.82, 2.24) is 0 Å². The standard InChI is InChI=1S/C29H54O4/c1-3-5-7-9-10-11-12-13-14-16-18-20-27(19-17-15-8-6-4-2)33-29(32)26-23-21-25(22-24-26)28(30)31/h25-27H,3-24H2,1-2H3,(H,30,31). The van der Waals surface area contributed by atoms with E-state index in [1.807, 2.05) is 0 Å². The van der Waals surface area contributed by atoms with Crippen molar-refractivity contribution < 1.29 is 19.4 Å². The maximum Gasteiger partial charge on any atom is 0.309 e. The van der Waals surface area contributed by atoms with Crippen LogP contribution in [0.15, 0.2) is 0 Å². The molecule has 0 amide bonds. The van der Waals surface area contributed by atoms with E-state index < -0.39 is 5.97 Å². The van der Waals surface area contributed by atoms with Crippen LogP contribution < -0.4 is 0 Å². The minimum atomic E-state index is -0.719. The number of hydrogen-bond donors (Lipinski definition) is 1. The molecule has 0 spiro atoms. The summed E-state index contributed by atoms with van der Waals surface area (Å²) in [4.78, 5) is 23.9. The molecule has 0 aromatic rings. The van der Waals surface area contributed by atoms with Crippen LogP contribution in [0, 0.1) is 11.8 Å². The predicted molar refractivity (Wildman–Crippen MR) is 137 cm³/mol. The van der Waals surface area contributed by atoms with E-state index in [4.69, 9.17) is 4.74 Å². The van der Waals surface area contributed by atoms with Crippen molar-refractivity contribution in [2.24, 2.45) is 11.8 Å². The van der Waals surface area contributed by atoms with E-state index in [9.17, 15) is 14.7 Å². The van der Waals surface area contributed by atoms with E-state index in [1.54, 1.807) is 0 Å². The van der Waals surface area contributed by atoms with Crippen LogP contribution in [0.5, 0.6) is 0 Å². The lowest BCUT2D eigenvalue weighted by atomic mass is 9.82. The molecule has 0 aliphatic heterocycles. The van der Waals surface area contributed by atoms with Gasteiger partial charge in [0, 0.05) is 0 Å². The molecule has 0 bridgehead atoms. The van der Waals surface area contributed by atoms with E-state index in [0.29, 0.717) is 25.7 Å². The van der Waals surface area contributed by atoms with E-state index in [2.05, 4.69) is 13.8 Å². The molecule has 1 unspecified atom stereocenters. The maximum atomic E-state index is 12.8. The lowest BCUT2D eigenvalue weighted by molar-refractivity contribution is -0.158. The number of aliphatic carboxylic acids is 1. The number of carboxylic acid groups (broad SMARTS) is 1. The Morgan fingerprint density at radius 1 is 0.636 bits per heavy atom. The molecule has 33 heavy (non-hydrogen) atoms. The number of carboxylic acids is 1. The summed E-state index contributed by atoms with van der Waals surface area (Å²) in [7, 11) is 0. The number of rotatable bonds is 21. The first-order chi connectivity index (χ1) is 16.1. The van der Waals surface area contributed by atoms with Gasteiger partial charge in [-0.1, -0.05) is 104 Å². The molecule has 1 aliphatic carbocycles. The molecule has 1 fully saturated rings. The Labute approximate surface area is 204 Å². The molecule has 0 aromatic carbocycles. The van der Waals surface area contributed by atoms with Gasteiger partial charge in [0.2, 0.25) is 0 Å². The molecule has 0 aromatic heterocycles. The van der Waals surface area contributed by atoms with Crippen LogP contribution in [0.3, 0.4) is 0 Å². The minimum Gasteiger partial charge on any atom is -0.481 e. The highest BCUT2D eigenvalue weighted by Crippen LogP contribution is 2.30. The summed E-state index contributed by atoms with van der Waals surface area (Å²) in [6.07, 6.45) is 25.4. The van der Waals surface area contributed by atoms with Gasteiger partial charge in [-0.3, -0.25) is 9.59 Å². The normalized spacial score (nSPS) is 19.3. The number of carbonyl (C=O) groups excluding carboxylic acids is 1. The zero-order valence-electron chi connectivity index (χ0n) is 22.0. The van der Waals surface area contributed by atoms with Gasteiger partial charge >= 0.3 is 11.9 Å². The Morgan fingerprint density at radius 2 is 1.00 bits per heavy atom. The van der Waals surface area contributed by atoms with Crippen LogP contribution >= 0.6 is 0 Å². The number of hydrogen-bond acceptors (Lipinski definition) is 3. The quantitative estimate of drug-likeness (QED) is 0.135. The van der Waals surface area contributed by atoms with Crippen LogP contribution in [0.2, 0.25) is 0 Å². The van der Waals surface area contributed by atoms with E-state index in [-0.39, 0.29) is 23.9 Å². The zero-order chi connectivity index (χ0) is 24.2. The molecular formula is C29H54O4. The van der Waals surface area contributed by atoms with Crippen LogP contribution in [0.4, 0.5) is 0 Å². The zero-order valence-corrected chi connectivity index (χ0v) is 22.0. The summed E-state index contributed by atoms with van der Waals surface area (Å²) in [6.45, 7) is 4.50. The highest BCUT2D eigenvalue weighted by atomic mass is 16.5. The van der Waals surface area contributed by atoms with Gasteiger partial charge in [-0.05, 0) is 51.4 Å². The molecule has 1 rings (SSSR count). The second kappa shape index (κ2) is 20.3. The fourth-order valence-corrected chi connectivity index (χ4v) is 5.11. The summed E-state index contributed by atoms with van der Waals surface area (Å²) in [6, 6.07) is 0. The Balaban J connectivity index is 2.25. The lowest BCUT2D eigenvalue weighted by Crippen LogP contribution is -2.29. The van der Waals surface area contributed by atoms with Crippen molar-refractivity contribution in [2.75, 3.05) is 0 Å². The number of ether oxygens (including phenoxy) is 1. The Hall–Kier alpha value is -1.06. The summed E-state index contributed by atoms with van der Waals surface area (Å²) in [5.41, 5.74) is 0. The average molecular weight is 467 g/mol. The second-order valence-corrected chi connectivity index (χ2v) is 10.5. The molecule has 4 nitrogen and oxygen atoms in total. The van der Waals surface area contributed by atoms with Gasteiger partial charge in [0.05, 0.1) is 11.8 Å². The summed E-state index contributed by atoms with van der Waals surface area (Å²) in [5.74, 6) is -1.16. The van der Waals surface area contributed by atoms with Gasteiger partial charge < -0.3 is 9.84 Å². The first-order valence-electron chi connectivity index (χ1n) is 14.5. The number of unbranched alkanes of at least 4 members (excludes halogenated alkanes) is 14. The van der Waals surface area contributed by atoms with E-state index in [1.165, 1.54) is 89.9 Å². The van der Waals surface area contributed by atoms with Crippen LogP contribution in [-0.2, 0) is 14.3 Å². The van der Waals surface area contributed by atoms with Crippen molar-refractivity contribution in [3.63, 3.8) is 0 Å². The SMILES string of the molecule is CCCCCCCCCCCCCC(CCCCCCC)OC(=O)C1CCC(C(=O)O)CC1. The largest absolute Gasteiger partial charge is 0.481 e. The summed E-state index contributed by atoms with van der Waals surface area (Å²) >= 11 is 0. The van der Waals surface area contributed by atoms with Crippen molar-refractivity contribution in [2.45, 2.75) is 161 Å². The molecule has 1 saturated carbocycles. The molecule has 4 heteroatoms. The molecule has 1 N–H and O–H groups in total. The smallest absolute Gasteiger partial charge is 0.309 e. The van der Waals surface area contributed by atoms with Gasteiger partial charge in [0.1, 0.15) is 6.10 Å². The van der Waals surface area contributed by atoms with Gasteiger partial charge in [-0.2, -0.15) is 0 Å². The van der Waals surface area contributed by atoms with Gasteiger partial charge in [0.25, 0.3) is 0 Å². The average Bonchev–Trinajstić information content (AvgIpc) is 2.82. The van der Waals surface area contributed by atoms with Gasteiger partial charge in [-0.25, -0.2) is 0 Å². The van der Waals surface area contributed by atoms with E-state index >= 15 is 0 Å². The number of esters is 1. The van der Waals surface area contributed by atoms with Crippen molar-refractivity contribution in [1.29, 1.82) is 0 Å². The van der Waals surface area contributed by atoms with Gasteiger partial charge in [0.15, 0.2) is 0 Å². The fourth-order valence-electron chi connectivity index (χ4n) is 5.11. The summed E-state index contributed by atoms with van der Waals surface area (Å²) in [5, 5.41) is 9.18. The monoisotopic (exact) mass is 466 g/mol. The first kappa shape index (κ1) is 30.0. The van der Waals surface area contributed by atoms with Crippen LogP contribution in [0.25, 0.3) is 0 Å². The van der Waals surface area contributed by atoms with Crippen LogP contribution in [-0.4, -0.2) is 23.1 Å². The second-order valence-electron chi connectivity index (χ2n) is 10.5. The molecule has 1 atom stereocenters. The molecule has 1 aliphatic rings. The molecule has 0 heterocycles. The Kier molecular flexibility index (Phi) is 18.5. The molecule has 0 saturated heterocycles. The van der Waals surface area contributed by atoms with Gasteiger partial charge in [-0.15, -0.1) is 0 Å². The first-order valence-corrected chi connectivity index (χ1v) is 14.5. The molecule has 194 valence electrons. The third-order valence-electron chi connectivity index (χ3n) is 7.45. The van der Waals surface area contributed by atoms with Crippen LogP contribution in [0.1, 0.15) is 155 Å². The minimum absolute atomic E-state index is 0.0508. The lowest BCUT2D eigenvalue weighted by Gasteiger charge is -2.27. The predicted octanol–water partition coefficient (Wildman–Crippen LogP) is 8.85. The Morgan fingerprint density at radius 3 is 1.39 bits per heavy atom. The fraction of sp³-hybridized carbons (Fsp3) is 0.931. The third-order valence-corrected chi connectivity index (χ3v) is 7.45. The Bertz CT molecular complexity index is 482. The topological polar surface area (TPSA) is 63.6 Å². The van der Waals surface area contributed by atoms with E-state index in [0.717, 1.165) is 25.7 Å². The molecule has 0 radical (unpaired) electrons. The third kappa shape index (κ3) is 15.5. The van der Waals surface area contributed by atoms with Crippen molar-refractivity contribution >= 4 is 11.9 Å². The summed E-state index contributed by atoms with van der Waals surface area (Å²) < 4.78 is 6.00. The number of carbonyl (C=O) groups is 2. The van der Waals surface area contributed by atoms with Crippen molar-refractivity contribution in [3.05, 3.63) is 0 Å². The van der Waals surface area contributed by atoms with Crippen molar-refractivity contribution in [3.8, 4) is 0 Å². The molecular weight excluding hydrogens is 412 g/mol. The maximum absolute atomic E-state index is 12.8. The highest BCUT2D eigenvalue weighted by Gasteiger charge is 2.31.